The van der Waals surface area contributed by atoms with Crippen molar-refractivity contribution in [1.29, 1.82) is 0 Å². The van der Waals surface area contributed by atoms with E-state index in [-0.39, 0.29) is 5.75 Å². The van der Waals surface area contributed by atoms with Crippen molar-refractivity contribution in [3.63, 3.8) is 0 Å². The molecule has 1 aromatic carbocycles. The highest BCUT2D eigenvalue weighted by molar-refractivity contribution is 5.84. The number of pyridine rings is 2. The number of nitrogens with zero attached hydrogens (tertiary/aromatic N) is 2. The van der Waals surface area contributed by atoms with Crippen molar-refractivity contribution in [3.8, 4) is 16.9 Å². The highest BCUT2D eigenvalue weighted by Crippen LogP contribution is 2.24. The van der Waals surface area contributed by atoms with Gasteiger partial charge < -0.3 is 5.11 Å². The van der Waals surface area contributed by atoms with Crippen molar-refractivity contribution < 1.29 is 5.11 Å². The summed E-state index contributed by atoms with van der Waals surface area (Å²) in [6.45, 7) is 0. The number of benzene rings is 1. The van der Waals surface area contributed by atoms with Gasteiger partial charge >= 0.3 is 0 Å². The van der Waals surface area contributed by atoms with Gasteiger partial charge in [-0.3, -0.25) is 9.97 Å². The van der Waals surface area contributed by atoms with Crippen LogP contribution in [-0.2, 0) is 0 Å². The lowest BCUT2D eigenvalue weighted by Crippen LogP contribution is -1.82. The first-order chi connectivity index (χ1) is 8.33. The van der Waals surface area contributed by atoms with Gasteiger partial charge in [-0.25, -0.2) is 0 Å². The van der Waals surface area contributed by atoms with Crippen LogP contribution >= 0.6 is 0 Å². The van der Waals surface area contributed by atoms with Crippen LogP contribution in [0.4, 0.5) is 0 Å². The molecular weight excluding hydrogens is 212 g/mol. The molecule has 17 heavy (non-hydrogen) atoms. The van der Waals surface area contributed by atoms with Gasteiger partial charge in [-0.1, -0.05) is 12.1 Å². The number of rotatable bonds is 1. The standard InChI is InChI=1S/C14H10N2O/c17-13-7-12(8-15-9-13)10-3-4-14-11(6-10)2-1-5-16-14/h1-9,17H. The number of hydrogen-bond donors (Lipinski definition) is 1. The molecule has 0 atom stereocenters. The molecule has 82 valence electrons. The van der Waals surface area contributed by atoms with Crippen LogP contribution in [0.3, 0.4) is 0 Å². The first-order valence-corrected chi connectivity index (χ1v) is 5.32. The number of hydrogen-bond acceptors (Lipinski definition) is 3. The maximum atomic E-state index is 9.41. The molecule has 0 fully saturated rings. The lowest BCUT2D eigenvalue weighted by molar-refractivity contribution is 0.473. The van der Waals surface area contributed by atoms with E-state index in [0.717, 1.165) is 22.0 Å². The Labute approximate surface area is 98.4 Å². The average Bonchev–Trinajstić information content (AvgIpc) is 2.38. The van der Waals surface area contributed by atoms with Gasteiger partial charge in [0.15, 0.2) is 0 Å². The van der Waals surface area contributed by atoms with Gasteiger partial charge in [0.25, 0.3) is 0 Å². The zero-order valence-corrected chi connectivity index (χ0v) is 9.04. The van der Waals surface area contributed by atoms with E-state index in [4.69, 9.17) is 0 Å². The zero-order valence-electron chi connectivity index (χ0n) is 9.04. The molecule has 0 saturated carbocycles. The van der Waals surface area contributed by atoms with E-state index in [1.54, 1.807) is 18.5 Å². The minimum Gasteiger partial charge on any atom is -0.506 e. The van der Waals surface area contributed by atoms with Crippen LogP contribution in [0.25, 0.3) is 22.0 Å². The quantitative estimate of drug-likeness (QED) is 0.688. The first-order valence-electron chi connectivity index (χ1n) is 5.32. The zero-order chi connectivity index (χ0) is 11.7. The molecule has 3 nitrogen and oxygen atoms in total. The van der Waals surface area contributed by atoms with Crippen molar-refractivity contribution in [2.24, 2.45) is 0 Å². The summed E-state index contributed by atoms with van der Waals surface area (Å²) in [7, 11) is 0. The number of fused-ring (bicyclic) bond motifs is 1. The molecule has 0 radical (unpaired) electrons. The average molecular weight is 222 g/mol. The van der Waals surface area contributed by atoms with E-state index in [2.05, 4.69) is 9.97 Å². The van der Waals surface area contributed by atoms with Gasteiger partial charge in [0.05, 0.1) is 11.7 Å². The third-order valence-corrected chi connectivity index (χ3v) is 2.66. The van der Waals surface area contributed by atoms with E-state index in [0.29, 0.717) is 0 Å². The molecule has 0 saturated heterocycles. The molecule has 0 aliphatic carbocycles. The third-order valence-electron chi connectivity index (χ3n) is 2.66. The highest BCUT2D eigenvalue weighted by Gasteiger charge is 2.01. The molecule has 0 aliphatic heterocycles. The van der Waals surface area contributed by atoms with Gasteiger partial charge in [-0.2, -0.15) is 0 Å². The lowest BCUT2D eigenvalue weighted by Gasteiger charge is -2.03. The van der Waals surface area contributed by atoms with Crippen LogP contribution in [0.15, 0.2) is 55.0 Å². The molecule has 3 aromatic rings. The van der Waals surface area contributed by atoms with Crippen LogP contribution in [-0.4, -0.2) is 15.1 Å². The molecule has 3 heteroatoms. The molecule has 1 N–H and O–H groups in total. The summed E-state index contributed by atoms with van der Waals surface area (Å²) in [5, 5.41) is 10.5. The fourth-order valence-electron chi connectivity index (χ4n) is 1.84. The smallest absolute Gasteiger partial charge is 0.134 e. The molecule has 0 bridgehead atoms. The Morgan fingerprint density at radius 2 is 1.88 bits per heavy atom. The summed E-state index contributed by atoms with van der Waals surface area (Å²) in [6, 6.07) is 11.6. The molecule has 0 aliphatic rings. The topological polar surface area (TPSA) is 46.0 Å². The van der Waals surface area contributed by atoms with Gasteiger partial charge in [0.1, 0.15) is 5.75 Å². The Morgan fingerprint density at radius 3 is 2.76 bits per heavy atom. The summed E-state index contributed by atoms with van der Waals surface area (Å²) in [6.07, 6.45) is 4.93. The molecule has 0 spiro atoms. The van der Waals surface area contributed by atoms with Crippen LogP contribution in [0.1, 0.15) is 0 Å². The summed E-state index contributed by atoms with van der Waals surface area (Å²) in [5.41, 5.74) is 2.88. The number of aromatic hydroxyl groups is 1. The Morgan fingerprint density at radius 1 is 0.941 bits per heavy atom. The number of aromatic nitrogens is 2. The van der Waals surface area contributed by atoms with E-state index in [1.807, 2.05) is 30.3 Å². The van der Waals surface area contributed by atoms with Crippen LogP contribution in [0.5, 0.6) is 5.75 Å². The Hall–Kier alpha value is -2.42. The predicted molar refractivity (Wildman–Crippen MR) is 66.6 cm³/mol. The summed E-state index contributed by atoms with van der Waals surface area (Å²) in [4.78, 5) is 8.24. The lowest BCUT2D eigenvalue weighted by atomic mass is 10.1. The maximum Gasteiger partial charge on any atom is 0.134 e. The van der Waals surface area contributed by atoms with Crippen LogP contribution in [0.2, 0.25) is 0 Å². The second-order valence-electron chi connectivity index (χ2n) is 3.84. The molecule has 2 aromatic heterocycles. The Kier molecular flexibility index (Phi) is 2.22. The van der Waals surface area contributed by atoms with Crippen LogP contribution in [0, 0.1) is 0 Å². The molecule has 0 amide bonds. The maximum absolute atomic E-state index is 9.41. The van der Waals surface area contributed by atoms with E-state index in [1.165, 1.54) is 6.20 Å². The predicted octanol–water partition coefficient (Wildman–Crippen LogP) is 3.00. The van der Waals surface area contributed by atoms with Crippen molar-refractivity contribution in [3.05, 3.63) is 55.0 Å². The Balaban J connectivity index is 2.18. The molecular formula is C14H10N2O. The summed E-state index contributed by atoms with van der Waals surface area (Å²) < 4.78 is 0. The van der Waals surface area contributed by atoms with Crippen molar-refractivity contribution in [1.82, 2.24) is 9.97 Å². The van der Waals surface area contributed by atoms with E-state index >= 15 is 0 Å². The summed E-state index contributed by atoms with van der Waals surface area (Å²) in [5.74, 6) is 0.175. The van der Waals surface area contributed by atoms with Gasteiger partial charge in [0.2, 0.25) is 0 Å². The molecule has 2 heterocycles. The van der Waals surface area contributed by atoms with Crippen molar-refractivity contribution in [2.75, 3.05) is 0 Å². The van der Waals surface area contributed by atoms with Gasteiger partial charge in [-0.15, -0.1) is 0 Å². The van der Waals surface area contributed by atoms with E-state index < -0.39 is 0 Å². The monoisotopic (exact) mass is 222 g/mol. The summed E-state index contributed by atoms with van der Waals surface area (Å²) >= 11 is 0. The fraction of sp³-hybridized carbons (Fsp3) is 0. The SMILES string of the molecule is Oc1cncc(-c2ccc3ncccc3c2)c1. The van der Waals surface area contributed by atoms with Crippen molar-refractivity contribution >= 4 is 10.9 Å². The normalized spacial score (nSPS) is 10.6. The second kappa shape index (κ2) is 3.87. The first kappa shape index (κ1) is 9.78. The van der Waals surface area contributed by atoms with Crippen molar-refractivity contribution in [2.45, 2.75) is 0 Å². The molecule has 3 rings (SSSR count). The highest BCUT2D eigenvalue weighted by atomic mass is 16.3. The fourth-order valence-corrected chi connectivity index (χ4v) is 1.84. The van der Waals surface area contributed by atoms with Crippen LogP contribution < -0.4 is 0 Å². The second-order valence-corrected chi connectivity index (χ2v) is 3.84. The third kappa shape index (κ3) is 1.83. The largest absolute Gasteiger partial charge is 0.506 e. The minimum absolute atomic E-state index is 0.175. The molecule has 0 unspecified atom stereocenters. The Bertz CT molecular complexity index is 680. The van der Waals surface area contributed by atoms with Gasteiger partial charge in [0, 0.05) is 23.3 Å². The minimum atomic E-state index is 0.175. The van der Waals surface area contributed by atoms with Gasteiger partial charge in [-0.05, 0) is 29.8 Å². The van der Waals surface area contributed by atoms with E-state index in [9.17, 15) is 5.11 Å².